The largest absolute Gasteiger partial charge is 0.465 e. The summed E-state index contributed by atoms with van der Waals surface area (Å²) in [7, 11) is -6.05. The third-order valence-corrected chi connectivity index (χ3v) is 5.01. The number of carbonyl (C=O) groups is 1. The Hall–Kier alpha value is -1.49. The molecule has 0 aromatic heterocycles. The van der Waals surface area contributed by atoms with Crippen molar-refractivity contribution in [3.8, 4) is 0 Å². The van der Waals surface area contributed by atoms with E-state index in [4.69, 9.17) is 0 Å². The minimum atomic E-state index is -3.87. The predicted octanol–water partition coefficient (Wildman–Crippen LogP) is -0.391. The smallest absolute Gasteiger partial charge is 0.337 e. The number of methoxy groups -OCH3 is 1. The lowest BCUT2D eigenvalue weighted by Crippen LogP contribution is -2.34. The second kappa shape index (κ2) is 7.18. The molecule has 1 aromatic rings. The van der Waals surface area contributed by atoms with E-state index >= 15 is 0 Å². The van der Waals surface area contributed by atoms with Crippen molar-refractivity contribution in [2.45, 2.75) is 11.8 Å². The summed E-state index contributed by atoms with van der Waals surface area (Å²) in [5.74, 6) is -0.643. The molecule has 0 saturated carbocycles. The van der Waals surface area contributed by atoms with Crippen LogP contribution in [-0.2, 0) is 24.8 Å². The lowest BCUT2D eigenvalue weighted by Gasteiger charge is -2.10. The monoisotopic (exact) mass is 350 g/mol. The third-order valence-electron chi connectivity index (χ3n) is 2.68. The molecule has 8 nitrogen and oxygen atoms in total. The summed E-state index contributed by atoms with van der Waals surface area (Å²) in [6.45, 7) is 1.40. The minimum Gasteiger partial charge on any atom is -0.465 e. The maximum Gasteiger partial charge on any atom is 0.337 e. The number of rotatable bonds is 7. The zero-order chi connectivity index (χ0) is 17.0. The van der Waals surface area contributed by atoms with Gasteiger partial charge in [0.05, 0.1) is 23.8 Å². The molecule has 0 saturated heterocycles. The van der Waals surface area contributed by atoms with Crippen LogP contribution in [0.2, 0.25) is 0 Å². The lowest BCUT2D eigenvalue weighted by atomic mass is 10.1. The van der Waals surface area contributed by atoms with Gasteiger partial charge in [0.2, 0.25) is 20.0 Å². The highest BCUT2D eigenvalue weighted by Crippen LogP contribution is 2.17. The SMILES string of the molecule is COC(=O)c1ccc(C)c(S(=O)(=O)NCCNS(C)(=O)=O)c1. The molecule has 1 rings (SSSR count). The molecular weight excluding hydrogens is 332 g/mol. The summed E-state index contributed by atoms with van der Waals surface area (Å²) in [5.41, 5.74) is 0.568. The number of carbonyl (C=O) groups excluding carboxylic acids is 1. The first-order valence-electron chi connectivity index (χ1n) is 6.20. The molecule has 0 radical (unpaired) electrons. The van der Waals surface area contributed by atoms with Crippen molar-refractivity contribution in [2.24, 2.45) is 0 Å². The molecule has 0 spiro atoms. The molecule has 10 heteroatoms. The van der Waals surface area contributed by atoms with Crippen LogP contribution in [0, 0.1) is 6.92 Å². The molecule has 0 amide bonds. The van der Waals surface area contributed by atoms with Gasteiger partial charge in [-0.25, -0.2) is 31.1 Å². The quantitative estimate of drug-likeness (QED) is 0.511. The summed E-state index contributed by atoms with van der Waals surface area (Å²) < 4.78 is 55.2. The number of aryl methyl sites for hydroxylation is 1. The van der Waals surface area contributed by atoms with E-state index in [1.807, 2.05) is 0 Å². The average molecular weight is 350 g/mol. The first-order chi connectivity index (χ1) is 10.1. The second-order valence-electron chi connectivity index (χ2n) is 4.54. The van der Waals surface area contributed by atoms with Gasteiger partial charge in [0.25, 0.3) is 0 Å². The number of hydrogen-bond donors (Lipinski definition) is 2. The molecule has 0 aliphatic carbocycles. The van der Waals surface area contributed by atoms with Crippen molar-refractivity contribution >= 4 is 26.0 Å². The first kappa shape index (κ1) is 18.6. The molecule has 1 aromatic carbocycles. The van der Waals surface area contributed by atoms with E-state index in [2.05, 4.69) is 14.2 Å². The van der Waals surface area contributed by atoms with E-state index in [0.29, 0.717) is 5.56 Å². The summed E-state index contributed by atoms with van der Waals surface area (Å²) in [4.78, 5) is 11.4. The number of ether oxygens (including phenoxy) is 1. The number of nitrogens with one attached hydrogen (secondary N) is 2. The maximum absolute atomic E-state index is 12.2. The van der Waals surface area contributed by atoms with Crippen molar-refractivity contribution in [2.75, 3.05) is 26.5 Å². The predicted molar refractivity (Wildman–Crippen MR) is 80.6 cm³/mol. The van der Waals surface area contributed by atoms with Crippen LogP contribution in [0.1, 0.15) is 15.9 Å². The molecular formula is C12H18N2O6S2. The van der Waals surface area contributed by atoms with E-state index in [9.17, 15) is 21.6 Å². The molecule has 0 aliphatic rings. The van der Waals surface area contributed by atoms with Gasteiger partial charge < -0.3 is 4.74 Å². The van der Waals surface area contributed by atoms with Crippen molar-refractivity contribution in [3.05, 3.63) is 29.3 Å². The van der Waals surface area contributed by atoms with Crippen LogP contribution in [0.3, 0.4) is 0 Å². The normalized spacial score (nSPS) is 12.1. The topological polar surface area (TPSA) is 119 Å². The van der Waals surface area contributed by atoms with Gasteiger partial charge in [-0.1, -0.05) is 6.07 Å². The highest BCUT2D eigenvalue weighted by molar-refractivity contribution is 7.89. The van der Waals surface area contributed by atoms with E-state index in [0.717, 1.165) is 6.26 Å². The van der Waals surface area contributed by atoms with Crippen LogP contribution < -0.4 is 9.44 Å². The number of sulfonamides is 2. The second-order valence-corrected chi connectivity index (χ2v) is 8.10. The Kier molecular flexibility index (Phi) is 6.06. The fourth-order valence-electron chi connectivity index (χ4n) is 1.63. The van der Waals surface area contributed by atoms with Crippen LogP contribution in [0.25, 0.3) is 0 Å². The van der Waals surface area contributed by atoms with E-state index in [1.165, 1.54) is 25.3 Å². The number of esters is 1. The molecule has 0 aliphatic heterocycles. The summed E-state index contributed by atoms with van der Waals surface area (Å²) in [6, 6.07) is 4.18. The van der Waals surface area contributed by atoms with Gasteiger partial charge in [0, 0.05) is 13.1 Å². The molecule has 2 N–H and O–H groups in total. The molecule has 0 fully saturated rings. The van der Waals surface area contributed by atoms with Gasteiger partial charge in [-0.2, -0.15) is 0 Å². The molecule has 0 unspecified atom stereocenters. The lowest BCUT2D eigenvalue weighted by molar-refractivity contribution is 0.0600. The molecule has 0 heterocycles. The summed E-state index contributed by atoms with van der Waals surface area (Å²) in [5, 5.41) is 0. The van der Waals surface area contributed by atoms with E-state index in [1.54, 1.807) is 6.92 Å². The van der Waals surface area contributed by atoms with Gasteiger partial charge in [-0.15, -0.1) is 0 Å². The average Bonchev–Trinajstić information content (AvgIpc) is 2.42. The van der Waals surface area contributed by atoms with Gasteiger partial charge >= 0.3 is 5.97 Å². The van der Waals surface area contributed by atoms with Gasteiger partial charge in [0.15, 0.2) is 0 Å². The Labute approximate surface area is 130 Å². The Balaban J connectivity index is 2.90. The Morgan fingerprint density at radius 1 is 1.14 bits per heavy atom. The minimum absolute atomic E-state index is 0.0604. The van der Waals surface area contributed by atoms with E-state index < -0.39 is 26.0 Å². The maximum atomic E-state index is 12.2. The van der Waals surface area contributed by atoms with Crippen LogP contribution in [-0.4, -0.2) is 49.3 Å². The van der Waals surface area contributed by atoms with E-state index in [-0.39, 0.29) is 23.5 Å². The molecule has 22 heavy (non-hydrogen) atoms. The third kappa shape index (κ3) is 5.37. The Morgan fingerprint density at radius 3 is 2.27 bits per heavy atom. The fraction of sp³-hybridized carbons (Fsp3) is 0.417. The molecule has 0 atom stereocenters. The Morgan fingerprint density at radius 2 is 1.73 bits per heavy atom. The fourth-order valence-corrected chi connectivity index (χ4v) is 3.41. The number of hydrogen-bond acceptors (Lipinski definition) is 6. The van der Waals surface area contributed by atoms with Crippen LogP contribution in [0.5, 0.6) is 0 Å². The van der Waals surface area contributed by atoms with Crippen molar-refractivity contribution in [1.29, 1.82) is 0 Å². The van der Waals surface area contributed by atoms with Crippen molar-refractivity contribution in [3.63, 3.8) is 0 Å². The zero-order valence-electron chi connectivity index (χ0n) is 12.4. The highest BCUT2D eigenvalue weighted by atomic mass is 32.2. The first-order valence-corrected chi connectivity index (χ1v) is 9.57. The standard InChI is InChI=1S/C12H18N2O6S2/c1-9-4-5-10(12(15)20-2)8-11(9)22(18,19)14-7-6-13-21(3,16)17/h4-5,8,13-14H,6-7H2,1-3H3. The van der Waals surface area contributed by atoms with Crippen LogP contribution >= 0.6 is 0 Å². The van der Waals surface area contributed by atoms with Crippen molar-refractivity contribution < 1.29 is 26.4 Å². The van der Waals surface area contributed by atoms with Crippen LogP contribution in [0.15, 0.2) is 23.1 Å². The van der Waals surface area contributed by atoms with Gasteiger partial charge in [-0.3, -0.25) is 0 Å². The summed E-state index contributed by atoms with van der Waals surface area (Å²) in [6.07, 6.45) is 0.978. The van der Waals surface area contributed by atoms with Crippen LogP contribution in [0.4, 0.5) is 0 Å². The van der Waals surface area contributed by atoms with Crippen molar-refractivity contribution in [1.82, 2.24) is 9.44 Å². The highest BCUT2D eigenvalue weighted by Gasteiger charge is 2.19. The molecule has 124 valence electrons. The van der Waals surface area contributed by atoms with Gasteiger partial charge in [-0.05, 0) is 24.6 Å². The van der Waals surface area contributed by atoms with Gasteiger partial charge in [0.1, 0.15) is 0 Å². The summed E-state index contributed by atoms with van der Waals surface area (Å²) >= 11 is 0. The Bertz CT molecular complexity index is 756. The molecule has 0 bridgehead atoms. The zero-order valence-corrected chi connectivity index (χ0v) is 14.0. The number of benzene rings is 1.